The molecule has 1 aliphatic carbocycles. The van der Waals surface area contributed by atoms with E-state index >= 15 is 0 Å². The Labute approximate surface area is 150 Å². The molecule has 0 atom stereocenters. The second kappa shape index (κ2) is 5.48. The standard InChI is InChI=1S/C18H20N6O2/c1-8-9(2)21-11(7-20-8)15-22-16(24-18(4)5-6-18)13-12(14(19)25)10(3)26-17(13)23-15/h7H,5-6H2,1-4H3,(H2,19,25)(H,22,23,24). The van der Waals surface area contributed by atoms with Gasteiger partial charge in [0.1, 0.15) is 17.3 Å². The Balaban J connectivity index is 1.95. The number of nitrogens with two attached hydrogens (primary N) is 1. The van der Waals surface area contributed by atoms with Gasteiger partial charge in [0.15, 0.2) is 5.82 Å². The van der Waals surface area contributed by atoms with Crippen LogP contribution in [0.1, 0.15) is 47.3 Å². The lowest BCUT2D eigenvalue weighted by Gasteiger charge is -2.14. The minimum absolute atomic E-state index is 0.0481. The molecule has 8 nitrogen and oxygen atoms in total. The molecule has 1 saturated carbocycles. The van der Waals surface area contributed by atoms with Gasteiger partial charge < -0.3 is 15.5 Å². The summed E-state index contributed by atoms with van der Waals surface area (Å²) in [6.07, 6.45) is 3.69. The van der Waals surface area contributed by atoms with Crippen molar-refractivity contribution in [3.63, 3.8) is 0 Å². The molecule has 1 amide bonds. The average Bonchev–Trinajstić information content (AvgIpc) is 3.18. The van der Waals surface area contributed by atoms with Crippen LogP contribution in [0.15, 0.2) is 10.6 Å². The fourth-order valence-electron chi connectivity index (χ4n) is 2.86. The zero-order chi connectivity index (χ0) is 18.6. The minimum atomic E-state index is -0.562. The molecule has 26 heavy (non-hydrogen) atoms. The third-order valence-electron chi connectivity index (χ3n) is 4.82. The van der Waals surface area contributed by atoms with E-state index in [9.17, 15) is 4.79 Å². The number of carbonyl (C=O) groups is 1. The van der Waals surface area contributed by atoms with Crippen molar-refractivity contribution >= 4 is 22.8 Å². The van der Waals surface area contributed by atoms with E-state index in [0.717, 1.165) is 24.2 Å². The lowest BCUT2D eigenvalue weighted by Crippen LogP contribution is -2.19. The Morgan fingerprint density at radius 3 is 2.54 bits per heavy atom. The first-order chi connectivity index (χ1) is 12.3. The Kier molecular flexibility index (Phi) is 3.47. The topological polar surface area (TPSA) is 120 Å². The summed E-state index contributed by atoms with van der Waals surface area (Å²) >= 11 is 0. The summed E-state index contributed by atoms with van der Waals surface area (Å²) in [5, 5.41) is 3.93. The van der Waals surface area contributed by atoms with Crippen LogP contribution in [0.2, 0.25) is 0 Å². The predicted octanol–water partition coefficient (Wildman–Crippen LogP) is 2.67. The molecule has 0 radical (unpaired) electrons. The van der Waals surface area contributed by atoms with Gasteiger partial charge in [0.25, 0.3) is 5.91 Å². The zero-order valence-electron chi connectivity index (χ0n) is 15.2. The maximum Gasteiger partial charge on any atom is 0.253 e. The number of fused-ring (bicyclic) bond motifs is 1. The largest absolute Gasteiger partial charge is 0.442 e. The predicted molar refractivity (Wildman–Crippen MR) is 96.8 cm³/mol. The monoisotopic (exact) mass is 352 g/mol. The lowest BCUT2D eigenvalue weighted by molar-refractivity contribution is 0.1000. The lowest BCUT2D eigenvalue weighted by atomic mass is 10.1. The summed E-state index contributed by atoms with van der Waals surface area (Å²) in [6, 6.07) is 0. The van der Waals surface area contributed by atoms with E-state index in [0.29, 0.717) is 39.8 Å². The normalized spacial score (nSPS) is 15.2. The molecule has 0 spiro atoms. The van der Waals surface area contributed by atoms with E-state index < -0.39 is 5.91 Å². The molecule has 1 fully saturated rings. The molecule has 4 rings (SSSR count). The van der Waals surface area contributed by atoms with Gasteiger partial charge in [-0.15, -0.1) is 0 Å². The van der Waals surface area contributed by atoms with Crippen LogP contribution in [0.4, 0.5) is 5.82 Å². The van der Waals surface area contributed by atoms with Gasteiger partial charge in [0.2, 0.25) is 5.71 Å². The molecule has 3 aromatic rings. The van der Waals surface area contributed by atoms with Gasteiger partial charge in [-0.3, -0.25) is 9.78 Å². The van der Waals surface area contributed by atoms with E-state index in [-0.39, 0.29) is 5.54 Å². The zero-order valence-corrected chi connectivity index (χ0v) is 15.2. The second-order valence-electron chi connectivity index (χ2n) is 7.09. The van der Waals surface area contributed by atoms with E-state index in [2.05, 4.69) is 32.2 Å². The number of furan rings is 1. The van der Waals surface area contributed by atoms with Crippen LogP contribution in [0.3, 0.4) is 0 Å². The van der Waals surface area contributed by atoms with Gasteiger partial charge in [-0.25, -0.2) is 9.97 Å². The number of amides is 1. The summed E-state index contributed by atoms with van der Waals surface area (Å²) in [7, 11) is 0. The molecule has 0 aromatic carbocycles. The van der Waals surface area contributed by atoms with Crippen molar-refractivity contribution < 1.29 is 9.21 Å². The van der Waals surface area contributed by atoms with Crippen LogP contribution < -0.4 is 11.1 Å². The fraction of sp³-hybridized carbons (Fsp3) is 0.389. The van der Waals surface area contributed by atoms with Gasteiger partial charge in [-0.2, -0.15) is 4.98 Å². The number of nitrogens with zero attached hydrogens (tertiary/aromatic N) is 4. The van der Waals surface area contributed by atoms with Gasteiger partial charge in [0, 0.05) is 5.54 Å². The van der Waals surface area contributed by atoms with Crippen molar-refractivity contribution in [2.45, 2.75) is 46.1 Å². The Morgan fingerprint density at radius 2 is 1.92 bits per heavy atom. The van der Waals surface area contributed by atoms with Crippen LogP contribution in [0, 0.1) is 20.8 Å². The number of carbonyl (C=O) groups excluding carboxylic acids is 1. The second-order valence-corrected chi connectivity index (χ2v) is 7.09. The molecular formula is C18H20N6O2. The highest BCUT2D eigenvalue weighted by atomic mass is 16.3. The summed E-state index contributed by atoms with van der Waals surface area (Å²) in [4.78, 5) is 29.9. The minimum Gasteiger partial charge on any atom is -0.442 e. The number of nitrogens with one attached hydrogen (secondary N) is 1. The van der Waals surface area contributed by atoms with Crippen molar-refractivity contribution in [3.05, 3.63) is 28.9 Å². The van der Waals surface area contributed by atoms with Crippen molar-refractivity contribution in [3.8, 4) is 11.5 Å². The first-order valence-corrected chi connectivity index (χ1v) is 8.47. The molecule has 134 valence electrons. The molecule has 0 unspecified atom stereocenters. The SMILES string of the molecule is Cc1ncc(-c2nc(NC3(C)CC3)c3c(C(N)=O)c(C)oc3n2)nc1C. The van der Waals surface area contributed by atoms with Crippen molar-refractivity contribution in [2.75, 3.05) is 5.32 Å². The van der Waals surface area contributed by atoms with Gasteiger partial charge >= 0.3 is 0 Å². The molecule has 0 bridgehead atoms. The number of primary amides is 1. The number of hydrogen-bond donors (Lipinski definition) is 2. The number of aromatic nitrogens is 4. The third kappa shape index (κ3) is 2.67. The first kappa shape index (κ1) is 16.4. The molecule has 3 N–H and O–H groups in total. The molecule has 8 heteroatoms. The van der Waals surface area contributed by atoms with E-state index in [1.54, 1.807) is 13.1 Å². The molecule has 0 aliphatic heterocycles. The highest BCUT2D eigenvalue weighted by Gasteiger charge is 2.39. The summed E-state index contributed by atoms with van der Waals surface area (Å²) in [6.45, 7) is 7.58. The van der Waals surface area contributed by atoms with Crippen LogP contribution in [-0.2, 0) is 0 Å². The average molecular weight is 352 g/mol. The highest BCUT2D eigenvalue weighted by molar-refractivity contribution is 6.09. The Hall–Kier alpha value is -3.03. The molecule has 0 saturated heterocycles. The molecule has 3 aromatic heterocycles. The van der Waals surface area contributed by atoms with Crippen LogP contribution >= 0.6 is 0 Å². The highest BCUT2D eigenvalue weighted by Crippen LogP contribution is 2.40. The number of anilines is 1. The quantitative estimate of drug-likeness (QED) is 0.740. The number of aryl methyl sites for hydroxylation is 3. The summed E-state index contributed by atoms with van der Waals surface area (Å²) in [5.41, 5.74) is 8.34. The van der Waals surface area contributed by atoms with Crippen LogP contribution in [-0.4, -0.2) is 31.4 Å². The van der Waals surface area contributed by atoms with Gasteiger partial charge in [-0.1, -0.05) is 0 Å². The summed E-state index contributed by atoms with van der Waals surface area (Å²) in [5.74, 6) is 0.794. The smallest absolute Gasteiger partial charge is 0.253 e. The summed E-state index contributed by atoms with van der Waals surface area (Å²) < 4.78 is 5.71. The Bertz CT molecular complexity index is 1050. The molecular weight excluding hydrogens is 332 g/mol. The maximum atomic E-state index is 11.9. The first-order valence-electron chi connectivity index (χ1n) is 8.47. The maximum absolute atomic E-state index is 11.9. The van der Waals surface area contributed by atoms with E-state index in [4.69, 9.17) is 10.2 Å². The van der Waals surface area contributed by atoms with Crippen LogP contribution in [0.25, 0.3) is 22.6 Å². The van der Waals surface area contributed by atoms with Crippen molar-refractivity contribution in [2.24, 2.45) is 5.73 Å². The van der Waals surface area contributed by atoms with Gasteiger partial charge in [-0.05, 0) is 40.5 Å². The third-order valence-corrected chi connectivity index (χ3v) is 4.82. The van der Waals surface area contributed by atoms with E-state index in [1.165, 1.54) is 0 Å². The number of hydrogen-bond acceptors (Lipinski definition) is 7. The molecule has 3 heterocycles. The van der Waals surface area contributed by atoms with E-state index in [1.807, 2.05) is 13.8 Å². The van der Waals surface area contributed by atoms with Crippen molar-refractivity contribution in [1.82, 2.24) is 19.9 Å². The number of rotatable bonds is 4. The fourth-order valence-corrected chi connectivity index (χ4v) is 2.86. The van der Waals surface area contributed by atoms with Gasteiger partial charge in [0.05, 0.1) is 28.5 Å². The Morgan fingerprint density at radius 1 is 1.19 bits per heavy atom. The molecule has 1 aliphatic rings. The van der Waals surface area contributed by atoms with Crippen LogP contribution in [0.5, 0.6) is 0 Å². The van der Waals surface area contributed by atoms with Crippen molar-refractivity contribution in [1.29, 1.82) is 0 Å².